The Morgan fingerprint density at radius 2 is 1.65 bits per heavy atom. The standard InChI is InChI=1S/C21H37N7O6/c1-12(2)7-16(21(33)34)27-19(31)15(5-3-4-6-22)26-20(32)17(10-29)28-18(30)14(23)8-13-9-24-11-25-13/h9,11-12,14-17,29H,3-8,10,22-23H2,1-2H3,(H,24,25)(H,26,32)(H,27,31)(H,28,30)(H,33,34)/t14-,15-,16-,17-/m0/s1. The van der Waals surface area contributed by atoms with Crippen LogP contribution in [0, 0.1) is 5.92 Å². The van der Waals surface area contributed by atoms with E-state index in [1.807, 2.05) is 13.8 Å². The Kier molecular flexibility index (Phi) is 12.8. The predicted molar refractivity (Wildman–Crippen MR) is 123 cm³/mol. The molecule has 4 atom stereocenters. The van der Waals surface area contributed by atoms with Crippen LogP contribution in [0.2, 0.25) is 0 Å². The van der Waals surface area contributed by atoms with Gasteiger partial charge in [0.05, 0.1) is 24.7 Å². The van der Waals surface area contributed by atoms with Gasteiger partial charge < -0.3 is 42.6 Å². The van der Waals surface area contributed by atoms with Gasteiger partial charge in [0.2, 0.25) is 17.7 Å². The lowest BCUT2D eigenvalue weighted by atomic mass is 10.0. The van der Waals surface area contributed by atoms with Gasteiger partial charge in [-0.15, -0.1) is 0 Å². The Morgan fingerprint density at radius 3 is 2.18 bits per heavy atom. The summed E-state index contributed by atoms with van der Waals surface area (Å²) in [5.41, 5.74) is 11.9. The molecule has 1 aromatic rings. The number of aliphatic hydroxyl groups excluding tert-OH is 1. The van der Waals surface area contributed by atoms with Gasteiger partial charge in [-0.3, -0.25) is 14.4 Å². The Morgan fingerprint density at radius 1 is 1.03 bits per heavy atom. The minimum atomic E-state index is -1.35. The number of nitrogens with two attached hydrogens (primary N) is 2. The fourth-order valence-electron chi connectivity index (χ4n) is 3.19. The van der Waals surface area contributed by atoms with Crippen LogP contribution in [0.15, 0.2) is 12.5 Å². The zero-order valence-corrected chi connectivity index (χ0v) is 19.6. The maximum Gasteiger partial charge on any atom is 0.326 e. The molecule has 13 heteroatoms. The Labute approximate surface area is 198 Å². The van der Waals surface area contributed by atoms with Crippen molar-refractivity contribution in [1.82, 2.24) is 25.9 Å². The van der Waals surface area contributed by atoms with E-state index in [9.17, 15) is 29.4 Å². The number of amides is 3. The number of H-pyrrole nitrogens is 1. The largest absolute Gasteiger partial charge is 0.480 e. The SMILES string of the molecule is CC(C)C[C@H](NC(=O)[C@H](CCCCN)NC(=O)[C@H](CO)NC(=O)[C@@H](N)Cc1c[nH]cn1)C(=O)O. The molecule has 1 aromatic heterocycles. The van der Waals surface area contributed by atoms with Crippen LogP contribution in [0.5, 0.6) is 0 Å². The van der Waals surface area contributed by atoms with Gasteiger partial charge in [0.25, 0.3) is 0 Å². The van der Waals surface area contributed by atoms with Crippen molar-refractivity contribution in [3.63, 3.8) is 0 Å². The second-order valence-corrected chi connectivity index (χ2v) is 8.49. The van der Waals surface area contributed by atoms with Crippen molar-refractivity contribution < 1.29 is 29.4 Å². The number of carboxylic acid groups (broad SMARTS) is 1. The molecular formula is C21H37N7O6. The summed E-state index contributed by atoms with van der Waals surface area (Å²) in [5.74, 6) is -3.31. The average Bonchev–Trinajstić information content (AvgIpc) is 3.28. The summed E-state index contributed by atoms with van der Waals surface area (Å²) >= 11 is 0. The molecule has 1 heterocycles. The third-order valence-electron chi connectivity index (χ3n) is 5.04. The number of rotatable bonds is 16. The molecular weight excluding hydrogens is 446 g/mol. The number of nitrogens with zero attached hydrogens (tertiary/aromatic N) is 1. The van der Waals surface area contributed by atoms with Crippen molar-refractivity contribution in [3.05, 3.63) is 18.2 Å². The summed E-state index contributed by atoms with van der Waals surface area (Å²) in [7, 11) is 0. The van der Waals surface area contributed by atoms with Gasteiger partial charge in [0, 0.05) is 12.6 Å². The summed E-state index contributed by atoms with van der Waals surface area (Å²) in [6.45, 7) is 3.31. The first kappa shape index (κ1) is 29.0. The molecule has 0 unspecified atom stereocenters. The molecule has 0 saturated carbocycles. The highest BCUT2D eigenvalue weighted by atomic mass is 16.4. The van der Waals surface area contributed by atoms with Gasteiger partial charge >= 0.3 is 5.97 Å². The summed E-state index contributed by atoms with van der Waals surface area (Å²) in [5, 5.41) is 26.4. The van der Waals surface area contributed by atoms with E-state index in [2.05, 4.69) is 25.9 Å². The van der Waals surface area contributed by atoms with Crippen LogP contribution in [0.3, 0.4) is 0 Å². The number of aliphatic hydroxyl groups is 1. The van der Waals surface area contributed by atoms with Crippen LogP contribution in [-0.2, 0) is 25.6 Å². The molecule has 13 nitrogen and oxygen atoms in total. The van der Waals surface area contributed by atoms with E-state index >= 15 is 0 Å². The molecule has 192 valence electrons. The minimum absolute atomic E-state index is 0.0198. The van der Waals surface area contributed by atoms with Crippen molar-refractivity contribution >= 4 is 23.7 Å². The summed E-state index contributed by atoms with van der Waals surface area (Å²) in [4.78, 5) is 56.1. The van der Waals surface area contributed by atoms with E-state index in [0.29, 0.717) is 25.1 Å². The first-order valence-corrected chi connectivity index (χ1v) is 11.3. The summed E-state index contributed by atoms with van der Waals surface area (Å²) in [6.07, 6.45) is 4.65. The predicted octanol–water partition coefficient (Wildman–Crippen LogP) is -2.01. The number of nitrogens with one attached hydrogen (secondary N) is 4. The van der Waals surface area contributed by atoms with Gasteiger partial charge in [-0.1, -0.05) is 13.8 Å². The second kappa shape index (κ2) is 15.0. The maximum atomic E-state index is 12.8. The topological polar surface area (TPSA) is 226 Å². The van der Waals surface area contributed by atoms with E-state index in [-0.39, 0.29) is 25.2 Å². The normalized spacial score (nSPS) is 14.6. The van der Waals surface area contributed by atoms with E-state index < -0.39 is 54.5 Å². The van der Waals surface area contributed by atoms with E-state index in [4.69, 9.17) is 11.5 Å². The first-order valence-electron chi connectivity index (χ1n) is 11.3. The molecule has 10 N–H and O–H groups in total. The van der Waals surface area contributed by atoms with Crippen molar-refractivity contribution in [2.45, 2.75) is 70.1 Å². The number of carbonyl (C=O) groups excluding carboxylic acids is 3. The molecule has 0 fully saturated rings. The molecule has 3 amide bonds. The zero-order chi connectivity index (χ0) is 25.7. The van der Waals surface area contributed by atoms with E-state index in [0.717, 1.165) is 0 Å². The molecule has 0 aliphatic carbocycles. The van der Waals surface area contributed by atoms with Gasteiger partial charge in [-0.25, -0.2) is 9.78 Å². The number of carbonyl (C=O) groups is 4. The Hall–Kier alpha value is -3.03. The van der Waals surface area contributed by atoms with Crippen LogP contribution in [-0.4, -0.2) is 81.2 Å². The number of unbranched alkanes of at least 4 members (excludes halogenated alkanes) is 1. The molecule has 0 saturated heterocycles. The highest BCUT2D eigenvalue weighted by Gasteiger charge is 2.30. The van der Waals surface area contributed by atoms with Gasteiger partial charge in [-0.2, -0.15) is 0 Å². The highest BCUT2D eigenvalue weighted by molar-refractivity contribution is 5.94. The first-order chi connectivity index (χ1) is 16.1. The Balaban J connectivity index is 2.82. The van der Waals surface area contributed by atoms with Crippen LogP contribution < -0.4 is 27.4 Å². The summed E-state index contributed by atoms with van der Waals surface area (Å²) < 4.78 is 0. The average molecular weight is 484 g/mol. The van der Waals surface area contributed by atoms with Gasteiger partial charge in [-0.05, 0) is 38.1 Å². The smallest absolute Gasteiger partial charge is 0.326 e. The number of aromatic amines is 1. The second-order valence-electron chi connectivity index (χ2n) is 8.49. The van der Waals surface area contributed by atoms with Crippen LogP contribution in [0.4, 0.5) is 0 Å². The van der Waals surface area contributed by atoms with Crippen LogP contribution in [0.1, 0.15) is 45.2 Å². The van der Waals surface area contributed by atoms with Crippen molar-refractivity contribution in [1.29, 1.82) is 0 Å². The fraction of sp³-hybridized carbons (Fsp3) is 0.667. The number of hydrogen-bond donors (Lipinski definition) is 8. The lowest BCUT2D eigenvalue weighted by Gasteiger charge is -2.25. The zero-order valence-electron chi connectivity index (χ0n) is 19.6. The van der Waals surface area contributed by atoms with E-state index in [1.165, 1.54) is 6.33 Å². The number of imidazole rings is 1. The summed E-state index contributed by atoms with van der Waals surface area (Å²) in [6, 6.07) is -4.55. The molecule has 0 bridgehead atoms. The molecule has 1 rings (SSSR count). The van der Waals surface area contributed by atoms with Crippen molar-refractivity contribution in [2.24, 2.45) is 17.4 Å². The third kappa shape index (κ3) is 10.3. The molecule has 0 radical (unpaired) electrons. The maximum absolute atomic E-state index is 12.8. The number of carboxylic acids is 1. The monoisotopic (exact) mass is 483 g/mol. The minimum Gasteiger partial charge on any atom is -0.480 e. The molecule has 0 spiro atoms. The molecule has 0 aliphatic rings. The van der Waals surface area contributed by atoms with Crippen molar-refractivity contribution in [2.75, 3.05) is 13.2 Å². The lowest BCUT2D eigenvalue weighted by Crippen LogP contribution is -2.58. The third-order valence-corrected chi connectivity index (χ3v) is 5.04. The number of aliphatic carboxylic acids is 1. The number of hydrogen-bond acceptors (Lipinski definition) is 8. The van der Waals surface area contributed by atoms with Crippen LogP contribution >= 0.6 is 0 Å². The molecule has 0 aromatic carbocycles. The quantitative estimate of drug-likeness (QED) is 0.121. The Bertz CT molecular complexity index is 787. The molecule has 0 aliphatic heterocycles. The molecule has 34 heavy (non-hydrogen) atoms. The van der Waals surface area contributed by atoms with Gasteiger partial charge in [0.15, 0.2) is 0 Å². The lowest BCUT2D eigenvalue weighted by molar-refractivity contribution is -0.143. The fourth-order valence-corrected chi connectivity index (χ4v) is 3.19. The van der Waals surface area contributed by atoms with Crippen molar-refractivity contribution in [3.8, 4) is 0 Å². The van der Waals surface area contributed by atoms with Gasteiger partial charge in [0.1, 0.15) is 18.1 Å². The highest BCUT2D eigenvalue weighted by Crippen LogP contribution is 2.08. The number of aromatic nitrogens is 2. The van der Waals surface area contributed by atoms with Crippen LogP contribution in [0.25, 0.3) is 0 Å². The van der Waals surface area contributed by atoms with E-state index in [1.54, 1.807) is 6.20 Å².